The molecule has 9 heteroatoms. The van der Waals surface area contributed by atoms with Crippen molar-refractivity contribution in [2.45, 2.75) is 20.0 Å². The van der Waals surface area contributed by atoms with Gasteiger partial charge in [-0.15, -0.1) is 0 Å². The summed E-state index contributed by atoms with van der Waals surface area (Å²) in [6, 6.07) is 28.3. The molecule has 4 aromatic carbocycles. The molecule has 1 amide bonds. The molecule has 228 valence electrons. The molecule has 0 spiro atoms. The van der Waals surface area contributed by atoms with Gasteiger partial charge in [0.05, 0.1) is 30.0 Å². The van der Waals surface area contributed by atoms with Crippen molar-refractivity contribution in [1.29, 1.82) is 0 Å². The summed E-state index contributed by atoms with van der Waals surface area (Å²) < 4.78 is 12.1. The summed E-state index contributed by atoms with van der Waals surface area (Å²) in [7, 11) is 1.34. The van der Waals surface area contributed by atoms with Crippen molar-refractivity contribution in [2.24, 2.45) is 0 Å². The van der Waals surface area contributed by atoms with Crippen LogP contribution in [0.25, 0.3) is 34.5 Å². The first-order valence-electron chi connectivity index (χ1n) is 14.3. The number of imidazole rings is 1. The molecule has 0 radical (unpaired) electrons. The Labute approximate surface area is 272 Å². The van der Waals surface area contributed by atoms with Gasteiger partial charge in [-0.3, -0.25) is 4.79 Å². The van der Waals surface area contributed by atoms with Crippen LogP contribution < -0.4 is 10.1 Å². The predicted molar refractivity (Wildman–Crippen MR) is 179 cm³/mol. The van der Waals surface area contributed by atoms with Crippen molar-refractivity contribution in [3.63, 3.8) is 0 Å². The fourth-order valence-corrected chi connectivity index (χ4v) is 5.18. The van der Waals surface area contributed by atoms with Gasteiger partial charge in [0.15, 0.2) is 0 Å². The third kappa shape index (κ3) is 8.20. The fraction of sp³-hybridized carbons (Fsp3) is 0.139. The lowest BCUT2D eigenvalue weighted by molar-refractivity contribution is -0.121. The van der Waals surface area contributed by atoms with E-state index in [1.165, 1.54) is 7.11 Å². The maximum atomic E-state index is 13.0. The molecule has 0 bridgehead atoms. The number of hydrogen-bond acceptors (Lipinski definition) is 5. The molecule has 1 N–H and O–H groups in total. The number of amides is 1. The SMILES string of the molecule is CCOc1ccc(-c2ccc(/C=C/c3nc(-c4ccc(Cl)cc4Cl)cn3CC(=O)NCc3ccc(C(=O)OC)cc3)cc2)cc1. The van der Waals surface area contributed by atoms with E-state index in [0.717, 1.165) is 28.0 Å². The Morgan fingerprint density at radius 3 is 2.22 bits per heavy atom. The van der Waals surface area contributed by atoms with Gasteiger partial charge in [-0.25, -0.2) is 9.78 Å². The number of carbonyl (C=O) groups excluding carboxylic acids is 2. The van der Waals surface area contributed by atoms with Gasteiger partial charge in [0.2, 0.25) is 5.91 Å². The van der Waals surface area contributed by atoms with Crippen molar-refractivity contribution >= 4 is 47.2 Å². The van der Waals surface area contributed by atoms with E-state index in [4.69, 9.17) is 37.7 Å². The number of methoxy groups -OCH3 is 1. The molecule has 1 heterocycles. The van der Waals surface area contributed by atoms with Crippen molar-refractivity contribution in [1.82, 2.24) is 14.9 Å². The predicted octanol–water partition coefficient (Wildman–Crippen LogP) is 8.20. The zero-order valence-corrected chi connectivity index (χ0v) is 26.3. The fourth-order valence-electron chi connectivity index (χ4n) is 4.67. The minimum atomic E-state index is -0.411. The molecule has 45 heavy (non-hydrogen) atoms. The number of nitrogens with zero attached hydrogens (tertiary/aromatic N) is 2. The van der Waals surface area contributed by atoms with Crippen molar-refractivity contribution < 1.29 is 19.1 Å². The Morgan fingerprint density at radius 1 is 0.889 bits per heavy atom. The molecule has 7 nitrogen and oxygen atoms in total. The topological polar surface area (TPSA) is 82.5 Å². The molecular formula is C36H31Cl2N3O4. The summed E-state index contributed by atoms with van der Waals surface area (Å²) in [5, 5.41) is 3.92. The summed E-state index contributed by atoms with van der Waals surface area (Å²) in [5.74, 6) is 0.821. The Kier molecular flexibility index (Phi) is 10.3. The largest absolute Gasteiger partial charge is 0.494 e. The van der Waals surface area contributed by atoms with Gasteiger partial charge in [0, 0.05) is 23.3 Å². The third-order valence-electron chi connectivity index (χ3n) is 7.03. The number of halogens is 2. The second-order valence-electron chi connectivity index (χ2n) is 10.1. The summed E-state index contributed by atoms with van der Waals surface area (Å²) >= 11 is 12.6. The van der Waals surface area contributed by atoms with Crippen LogP contribution >= 0.6 is 23.2 Å². The quantitative estimate of drug-likeness (QED) is 0.147. The van der Waals surface area contributed by atoms with Crippen LogP contribution in [0.3, 0.4) is 0 Å². The average molecular weight is 641 g/mol. The van der Waals surface area contributed by atoms with Crippen LogP contribution in [0.4, 0.5) is 0 Å². The van der Waals surface area contributed by atoms with E-state index in [0.29, 0.717) is 45.8 Å². The highest BCUT2D eigenvalue weighted by atomic mass is 35.5. The summed E-state index contributed by atoms with van der Waals surface area (Å²) in [6.45, 7) is 2.93. The molecule has 0 saturated heterocycles. The van der Waals surface area contributed by atoms with Gasteiger partial charge in [0.1, 0.15) is 18.1 Å². The van der Waals surface area contributed by atoms with Crippen LogP contribution in [0.5, 0.6) is 5.75 Å². The van der Waals surface area contributed by atoms with Crippen LogP contribution in [-0.4, -0.2) is 35.1 Å². The highest BCUT2D eigenvalue weighted by Crippen LogP contribution is 2.30. The van der Waals surface area contributed by atoms with Gasteiger partial charge in [-0.05, 0) is 77.7 Å². The van der Waals surface area contributed by atoms with E-state index in [1.807, 2.05) is 61.5 Å². The lowest BCUT2D eigenvalue weighted by Crippen LogP contribution is -2.27. The summed E-state index contributed by atoms with van der Waals surface area (Å²) in [5.41, 5.74) is 5.79. The summed E-state index contributed by atoms with van der Waals surface area (Å²) in [4.78, 5) is 29.5. The van der Waals surface area contributed by atoms with Gasteiger partial charge in [-0.1, -0.05) is 77.8 Å². The van der Waals surface area contributed by atoms with Crippen molar-refractivity contribution in [3.05, 3.63) is 130 Å². The second-order valence-corrected chi connectivity index (χ2v) is 11.0. The molecular weight excluding hydrogens is 609 g/mol. The monoisotopic (exact) mass is 639 g/mol. The smallest absolute Gasteiger partial charge is 0.337 e. The number of hydrogen-bond donors (Lipinski definition) is 1. The minimum Gasteiger partial charge on any atom is -0.494 e. The lowest BCUT2D eigenvalue weighted by Gasteiger charge is -2.08. The molecule has 5 rings (SSSR count). The first kappa shape index (κ1) is 31.6. The van der Waals surface area contributed by atoms with Crippen LogP contribution in [0, 0.1) is 0 Å². The van der Waals surface area contributed by atoms with Gasteiger partial charge >= 0.3 is 5.97 Å². The van der Waals surface area contributed by atoms with E-state index >= 15 is 0 Å². The van der Waals surface area contributed by atoms with E-state index in [9.17, 15) is 9.59 Å². The van der Waals surface area contributed by atoms with Crippen molar-refractivity contribution in [3.8, 4) is 28.1 Å². The Bertz CT molecular complexity index is 1810. The zero-order valence-electron chi connectivity index (χ0n) is 24.8. The molecule has 0 saturated carbocycles. The number of carbonyl (C=O) groups is 2. The van der Waals surface area contributed by atoms with Gasteiger partial charge < -0.3 is 19.4 Å². The molecule has 0 unspecified atom stereocenters. The molecule has 0 aliphatic heterocycles. The standard InChI is InChI=1S/C36H31Cl2N3O4/c1-3-45-30-16-13-27(14-17-30)26-9-4-24(5-10-26)8-19-34-40-33(31-18-15-29(37)20-32(31)38)22-41(34)23-35(42)39-21-25-6-11-28(12-7-25)36(43)44-2/h4-20,22H,3,21,23H2,1-2H3,(H,39,42)/b19-8+. The van der Waals surface area contributed by atoms with E-state index in [-0.39, 0.29) is 12.5 Å². The average Bonchev–Trinajstić information content (AvgIpc) is 3.45. The van der Waals surface area contributed by atoms with E-state index in [1.54, 1.807) is 47.2 Å². The lowest BCUT2D eigenvalue weighted by atomic mass is 10.0. The van der Waals surface area contributed by atoms with Gasteiger partial charge in [-0.2, -0.15) is 0 Å². The second kappa shape index (κ2) is 14.8. The van der Waals surface area contributed by atoms with E-state index in [2.05, 4.69) is 17.4 Å². The zero-order chi connectivity index (χ0) is 31.8. The number of ether oxygens (including phenoxy) is 2. The Hall–Kier alpha value is -4.85. The molecule has 0 aliphatic rings. The molecule has 1 aromatic heterocycles. The van der Waals surface area contributed by atoms with Crippen LogP contribution in [-0.2, 0) is 22.6 Å². The number of nitrogens with one attached hydrogen (secondary N) is 1. The number of rotatable bonds is 11. The molecule has 0 aliphatic carbocycles. The van der Waals surface area contributed by atoms with Crippen molar-refractivity contribution in [2.75, 3.05) is 13.7 Å². The number of esters is 1. The van der Waals surface area contributed by atoms with Crippen LogP contribution in [0.15, 0.2) is 97.2 Å². The summed E-state index contributed by atoms with van der Waals surface area (Å²) in [6.07, 6.45) is 5.63. The van der Waals surface area contributed by atoms with Crippen LogP contribution in [0.2, 0.25) is 10.0 Å². The Morgan fingerprint density at radius 2 is 1.58 bits per heavy atom. The molecule has 0 fully saturated rings. The van der Waals surface area contributed by atoms with E-state index < -0.39 is 5.97 Å². The number of aromatic nitrogens is 2. The first-order valence-corrected chi connectivity index (χ1v) is 15.1. The maximum absolute atomic E-state index is 13.0. The third-order valence-corrected chi connectivity index (χ3v) is 7.58. The normalized spacial score (nSPS) is 11.0. The first-order chi connectivity index (χ1) is 21.8. The minimum absolute atomic E-state index is 0.0365. The maximum Gasteiger partial charge on any atom is 0.337 e. The molecule has 0 atom stereocenters. The number of benzene rings is 4. The molecule has 5 aromatic rings. The highest BCUT2D eigenvalue weighted by molar-refractivity contribution is 6.36. The van der Waals surface area contributed by atoms with Gasteiger partial charge in [0.25, 0.3) is 0 Å². The Balaban J connectivity index is 1.33. The van der Waals surface area contributed by atoms with Crippen LogP contribution in [0.1, 0.15) is 34.2 Å². The highest BCUT2D eigenvalue weighted by Gasteiger charge is 2.14.